The summed E-state index contributed by atoms with van der Waals surface area (Å²) in [5.41, 5.74) is 1.59. The number of hydrogen-bond donors (Lipinski definition) is 3. The molecule has 1 amide bonds. The normalized spacial score (nSPS) is 10.8. The van der Waals surface area contributed by atoms with Crippen molar-refractivity contribution in [2.75, 3.05) is 13.2 Å². The van der Waals surface area contributed by atoms with Crippen molar-refractivity contribution in [3.8, 4) is 17.1 Å². The lowest BCUT2D eigenvalue weighted by Crippen LogP contribution is -2.40. The van der Waals surface area contributed by atoms with E-state index in [4.69, 9.17) is 10.2 Å². The smallest absolute Gasteiger partial charge is 0.291 e. The van der Waals surface area contributed by atoms with Crippen molar-refractivity contribution in [2.45, 2.75) is 6.04 Å². The third-order valence-corrected chi connectivity index (χ3v) is 3.62. The number of para-hydroxylation sites is 1. The molecule has 3 aromatic rings. The highest BCUT2D eigenvalue weighted by Gasteiger charge is 2.20. The van der Waals surface area contributed by atoms with Crippen LogP contribution >= 0.6 is 0 Å². The van der Waals surface area contributed by atoms with Gasteiger partial charge in [-0.1, -0.05) is 48.5 Å². The molecule has 0 fully saturated rings. The van der Waals surface area contributed by atoms with Gasteiger partial charge in [0.15, 0.2) is 5.82 Å². The Hall–Kier alpha value is -3.03. The standard InChI is InChI=1S/C18H18N4O3/c23-11-14(12-24)19-18(25)16-20-17(13-7-3-1-4-8-13)22(21-16)15-9-5-2-6-10-15/h1-10,14,23-24H,11-12H2,(H,19,25). The van der Waals surface area contributed by atoms with E-state index in [1.165, 1.54) is 0 Å². The van der Waals surface area contributed by atoms with E-state index in [1.54, 1.807) is 4.68 Å². The van der Waals surface area contributed by atoms with Crippen molar-refractivity contribution < 1.29 is 15.0 Å². The van der Waals surface area contributed by atoms with Gasteiger partial charge in [-0.3, -0.25) is 4.79 Å². The van der Waals surface area contributed by atoms with E-state index in [1.807, 2.05) is 60.7 Å². The highest BCUT2D eigenvalue weighted by molar-refractivity contribution is 5.91. The molecule has 1 heterocycles. The van der Waals surface area contributed by atoms with Gasteiger partial charge in [0, 0.05) is 5.56 Å². The zero-order valence-electron chi connectivity index (χ0n) is 13.4. The lowest BCUT2D eigenvalue weighted by atomic mass is 10.2. The monoisotopic (exact) mass is 338 g/mol. The quantitative estimate of drug-likeness (QED) is 0.623. The molecule has 7 heteroatoms. The van der Waals surface area contributed by atoms with Gasteiger partial charge in [0.2, 0.25) is 5.82 Å². The summed E-state index contributed by atoms with van der Waals surface area (Å²) in [4.78, 5) is 16.7. The first-order valence-corrected chi connectivity index (χ1v) is 7.83. The molecular formula is C18H18N4O3. The van der Waals surface area contributed by atoms with Crippen LogP contribution in [0.25, 0.3) is 17.1 Å². The second kappa shape index (κ2) is 7.69. The molecule has 0 radical (unpaired) electrons. The number of nitrogens with zero attached hydrogens (tertiary/aromatic N) is 3. The zero-order chi connectivity index (χ0) is 17.6. The van der Waals surface area contributed by atoms with Crippen LogP contribution in [0.3, 0.4) is 0 Å². The summed E-state index contributed by atoms with van der Waals surface area (Å²) in [6, 6.07) is 18.1. The predicted molar refractivity (Wildman–Crippen MR) is 92.2 cm³/mol. The summed E-state index contributed by atoms with van der Waals surface area (Å²) >= 11 is 0. The summed E-state index contributed by atoms with van der Waals surface area (Å²) in [6.45, 7) is -0.736. The van der Waals surface area contributed by atoms with E-state index < -0.39 is 11.9 Å². The Morgan fingerprint density at radius 2 is 1.60 bits per heavy atom. The van der Waals surface area contributed by atoms with Crippen LogP contribution in [0.2, 0.25) is 0 Å². The highest BCUT2D eigenvalue weighted by atomic mass is 16.3. The van der Waals surface area contributed by atoms with Crippen LogP contribution in [0.15, 0.2) is 60.7 Å². The fourth-order valence-corrected chi connectivity index (χ4v) is 2.33. The molecule has 0 aliphatic heterocycles. The van der Waals surface area contributed by atoms with Gasteiger partial charge < -0.3 is 15.5 Å². The van der Waals surface area contributed by atoms with E-state index in [-0.39, 0.29) is 19.0 Å². The maximum Gasteiger partial charge on any atom is 0.291 e. The molecule has 0 atom stereocenters. The first kappa shape index (κ1) is 16.8. The highest BCUT2D eigenvalue weighted by Crippen LogP contribution is 2.20. The van der Waals surface area contributed by atoms with Gasteiger partial charge in [0.25, 0.3) is 5.91 Å². The Morgan fingerprint density at radius 1 is 1.00 bits per heavy atom. The molecule has 0 bridgehead atoms. The molecule has 0 aliphatic carbocycles. The number of benzene rings is 2. The fraction of sp³-hybridized carbons (Fsp3) is 0.167. The number of amides is 1. The summed E-state index contributed by atoms with van der Waals surface area (Å²) in [7, 11) is 0. The van der Waals surface area contributed by atoms with Crippen molar-refractivity contribution in [2.24, 2.45) is 0 Å². The zero-order valence-corrected chi connectivity index (χ0v) is 13.4. The summed E-state index contributed by atoms with van der Waals surface area (Å²) in [5.74, 6) is -0.0592. The molecular weight excluding hydrogens is 320 g/mol. The molecule has 0 spiro atoms. The molecule has 0 unspecified atom stereocenters. The third kappa shape index (κ3) is 3.73. The van der Waals surface area contributed by atoms with Crippen LogP contribution < -0.4 is 5.32 Å². The van der Waals surface area contributed by atoms with E-state index in [0.29, 0.717) is 5.82 Å². The fourth-order valence-electron chi connectivity index (χ4n) is 2.33. The Morgan fingerprint density at radius 3 is 2.20 bits per heavy atom. The van der Waals surface area contributed by atoms with E-state index in [9.17, 15) is 4.79 Å². The summed E-state index contributed by atoms with van der Waals surface area (Å²) in [5, 5.41) is 25.0. The van der Waals surface area contributed by atoms with Crippen molar-refractivity contribution in [1.29, 1.82) is 0 Å². The maximum absolute atomic E-state index is 12.3. The Bertz CT molecular complexity index is 773. The molecule has 0 saturated carbocycles. The molecule has 128 valence electrons. The lowest BCUT2D eigenvalue weighted by Gasteiger charge is -2.11. The van der Waals surface area contributed by atoms with Crippen molar-refractivity contribution in [3.63, 3.8) is 0 Å². The number of nitrogens with one attached hydrogen (secondary N) is 1. The van der Waals surface area contributed by atoms with Crippen molar-refractivity contribution in [1.82, 2.24) is 20.1 Å². The molecule has 2 aromatic carbocycles. The lowest BCUT2D eigenvalue weighted by molar-refractivity contribution is 0.0869. The Kier molecular flexibility index (Phi) is 5.17. The predicted octanol–water partition coefficient (Wildman–Crippen LogP) is 1.02. The molecule has 7 nitrogen and oxygen atoms in total. The van der Waals surface area contributed by atoms with E-state index >= 15 is 0 Å². The van der Waals surface area contributed by atoms with E-state index in [0.717, 1.165) is 11.3 Å². The first-order chi connectivity index (χ1) is 12.2. The number of hydrogen-bond acceptors (Lipinski definition) is 5. The third-order valence-electron chi connectivity index (χ3n) is 3.62. The largest absolute Gasteiger partial charge is 0.394 e. The van der Waals surface area contributed by atoms with Gasteiger partial charge >= 0.3 is 0 Å². The van der Waals surface area contributed by atoms with Gasteiger partial charge in [-0.25, -0.2) is 9.67 Å². The second-order valence-corrected chi connectivity index (χ2v) is 5.41. The Balaban J connectivity index is 2.02. The van der Waals surface area contributed by atoms with Gasteiger partial charge in [-0.2, -0.15) is 0 Å². The summed E-state index contributed by atoms with van der Waals surface area (Å²) < 4.78 is 1.59. The first-order valence-electron chi connectivity index (χ1n) is 7.83. The number of carbonyl (C=O) groups is 1. The number of aliphatic hydroxyl groups is 2. The minimum Gasteiger partial charge on any atom is -0.394 e. The molecule has 0 saturated heterocycles. The van der Waals surface area contributed by atoms with E-state index in [2.05, 4.69) is 15.4 Å². The minimum absolute atomic E-state index is 0.0328. The SMILES string of the molecule is O=C(NC(CO)CO)c1nc(-c2ccccc2)n(-c2ccccc2)n1. The molecule has 3 N–H and O–H groups in total. The Labute approximate surface area is 144 Å². The van der Waals surface area contributed by atoms with Crippen molar-refractivity contribution in [3.05, 3.63) is 66.5 Å². The molecule has 0 aliphatic rings. The van der Waals surface area contributed by atoms with Gasteiger partial charge in [-0.15, -0.1) is 5.10 Å². The second-order valence-electron chi connectivity index (χ2n) is 5.41. The maximum atomic E-state index is 12.3. The van der Waals surface area contributed by atoms with Crippen LogP contribution in [-0.4, -0.2) is 50.1 Å². The summed E-state index contributed by atoms with van der Waals surface area (Å²) in [6.07, 6.45) is 0. The topological polar surface area (TPSA) is 100 Å². The minimum atomic E-state index is -0.753. The van der Waals surface area contributed by atoms with Crippen molar-refractivity contribution >= 4 is 5.91 Å². The number of rotatable bonds is 6. The molecule has 25 heavy (non-hydrogen) atoms. The molecule has 3 rings (SSSR count). The van der Waals surface area contributed by atoms with Crippen LogP contribution in [0, 0.1) is 0 Å². The van der Waals surface area contributed by atoms with Gasteiger partial charge in [0.05, 0.1) is 24.9 Å². The average Bonchev–Trinajstić information content (AvgIpc) is 3.13. The number of aliphatic hydroxyl groups excluding tert-OH is 2. The van der Waals surface area contributed by atoms with Crippen LogP contribution in [0.1, 0.15) is 10.6 Å². The van der Waals surface area contributed by atoms with Gasteiger partial charge in [0.1, 0.15) is 0 Å². The average molecular weight is 338 g/mol. The number of aromatic nitrogens is 3. The van der Waals surface area contributed by atoms with Crippen LogP contribution in [-0.2, 0) is 0 Å². The van der Waals surface area contributed by atoms with Crippen LogP contribution in [0.5, 0.6) is 0 Å². The van der Waals surface area contributed by atoms with Crippen LogP contribution in [0.4, 0.5) is 0 Å². The van der Waals surface area contributed by atoms with Gasteiger partial charge in [-0.05, 0) is 12.1 Å². The number of carbonyl (C=O) groups excluding carboxylic acids is 1. The molecule has 1 aromatic heterocycles.